The number of nitro benzene ring substituents is 1. The predicted octanol–water partition coefficient (Wildman–Crippen LogP) is 6.28. The maximum Gasteiger partial charge on any atom is 0.269 e. The van der Waals surface area contributed by atoms with Crippen molar-refractivity contribution in [1.29, 1.82) is 0 Å². The molecule has 0 radical (unpaired) electrons. The molecule has 11 nitrogen and oxygen atoms in total. The third kappa shape index (κ3) is 4.84. The van der Waals surface area contributed by atoms with Gasteiger partial charge in [-0.15, -0.1) is 0 Å². The SMILES string of the molecule is O=C1C2CC3C(=CCC4C(=O)N(c5ccc([N+](=O)[O-])cc5)C(=O)C43)C(c3ccc(O)cc3)C2(c2ccc(Cl)cc2)C(=O)N1Nc1ccc(F)cc1. The number of phenolic OH excluding ortho intramolecular Hbond substituents is 1. The van der Waals surface area contributed by atoms with Gasteiger partial charge in [-0.25, -0.2) is 4.39 Å². The van der Waals surface area contributed by atoms with Crippen LogP contribution in [-0.4, -0.2) is 38.7 Å². The van der Waals surface area contributed by atoms with Crippen molar-refractivity contribution < 1.29 is 33.6 Å². The maximum absolute atomic E-state index is 15.1. The van der Waals surface area contributed by atoms with Crippen molar-refractivity contribution in [2.75, 3.05) is 10.3 Å². The number of carbonyl (C=O) groups excluding carboxylic acids is 4. The first kappa shape index (κ1) is 32.3. The number of hydrazine groups is 1. The monoisotopic (exact) mass is 706 g/mol. The number of rotatable bonds is 6. The fourth-order valence-corrected chi connectivity index (χ4v) is 8.80. The molecule has 13 heteroatoms. The van der Waals surface area contributed by atoms with E-state index in [9.17, 15) is 34.0 Å². The predicted molar refractivity (Wildman–Crippen MR) is 183 cm³/mol. The van der Waals surface area contributed by atoms with Gasteiger partial charge in [-0.05, 0) is 90.6 Å². The Hall–Kier alpha value is -5.88. The molecule has 256 valence electrons. The number of carbonyl (C=O) groups is 4. The molecule has 0 bridgehead atoms. The van der Waals surface area contributed by atoms with E-state index < -0.39 is 69.4 Å². The summed E-state index contributed by atoms with van der Waals surface area (Å²) in [6.07, 6.45) is 2.12. The maximum atomic E-state index is 15.1. The first-order valence-corrected chi connectivity index (χ1v) is 16.7. The van der Waals surface area contributed by atoms with E-state index >= 15 is 4.79 Å². The molecule has 3 fully saturated rings. The fourth-order valence-electron chi connectivity index (χ4n) is 8.67. The van der Waals surface area contributed by atoms with Crippen LogP contribution in [0.5, 0.6) is 5.75 Å². The highest BCUT2D eigenvalue weighted by Gasteiger charge is 2.70. The molecule has 4 amide bonds. The van der Waals surface area contributed by atoms with Gasteiger partial charge in [-0.1, -0.05) is 47.5 Å². The highest BCUT2D eigenvalue weighted by atomic mass is 35.5. The van der Waals surface area contributed by atoms with Crippen LogP contribution in [0.4, 0.5) is 21.5 Å². The first-order valence-electron chi connectivity index (χ1n) is 16.3. The average Bonchev–Trinajstić information content (AvgIpc) is 3.50. The Morgan fingerprint density at radius 2 is 1.51 bits per heavy atom. The van der Waals surface area contributed by atoms with Crippen LogP contribution < -0.4 is 10.3 Å². The highest BCUT2D eigenvalue weighted by molar-refractivity contribution is 6.30. The summed E-state index contributed by atoms with van der Waals surface area (Å²) in [6, 6.07) is 23.5. The van der Waals surface area contributed by atoms with Gasteiger partial charge in [0, 0.05) is 23.1 Å². The van der Waals surface area contributed by atoms with Crippen LogP contribution in [-0.2, 0) is 24.6 Å². The smallest absolute Gasteiger partial charge is 0.269 e. The number of amides is 4. The molecule has 0 spiro atoms. The van der Waals surface area contributed by atoms with Gasteiger partial charge in [-0.3, -0.25) is 39.6 Å². The normalized spacial score (nSPS) is 26.8. The summed E-state index contributed by atoms with van der Waals surface area (Å²) in [6.45, 7) is 0. The summed E-state index contributed by atoms with van der Waals surface area (Å²) in [5.41, 5.74) is 3.50. The molecule has 6 atom stereocenters. The molecule has 2 aliphatic heterocycles. The van der Waals surface area contributed by atoms with Crippen molar-refractivity contribution in [2.24, 2.45) is 23.7 Å². The van der Waals surface area contributed by atoms with Crippen LogP contribution in [0, 0.1) is 39.6 Å². The lowest BCUT2D eigenvalue weighted by molar-refractivity contribution is -0.384. The van der Waals surface area contributed by atoms with E-state index in [1.54, 1.807) is 36.4 Å². The molecule has 51 heavy (non-hydrogen) atoms. The summed E-state index contributed by atoms with van der Waals surface area (Å²) in [5, 5.41) is 22.9. The number of benzene rings is 4. The van der Waals surface area contributed by atoms with Gasteiger partial charge in [0.2, 0.25) is 11.8 Å². The molecular weight excluding hydrogens is 679 g/mol. The Balaban J connectivity index is 1.29. The van der Waals surface area contributed by atoms with Crippen LogP contribution in [0.3, 0.4) is 0 Å². The quantitative estimate of drug-likeness (QED) is 0.103. The van der Waals surface area contributed by atoms with Crippen molar-refractivity contribution in [3.05, 3.63) is 141 Å². The number of fused-ring (bicyclic) bond motifs is 4. The van der Waals surface area contributed by atoms with E-state index in [0.29, 0.717) is 27.4 Å². The number of phenols is 1. The molecule has 4 aromatic rings. The lowest BCUT2D eigenvalue weighted by Crippen LogP contribution is -2.53. The summed E-state index contributed by atoms with van der Waals surface area (Å²) >= 11 is 6.31. The molecule has 4 aliphatic rings. The second kappa shape index (κ2) is 11.9. The van der Waals surface area contributed by atoms with E-state index in [2.05, 4.69) is 5.43 Å². The second-order valence-corrected chi connectivity index (χ2v) is 13.7. The van der Waals surface area contributed by atoms with Crippen molar-refractivity contribution in [3.63, 3.8) is 0 Å². The number of imide groups is 2. The molecular formula is C38H28ClFN4O7. The average molecular weight is 707 g/mol. The summed E-state index contributed by atoms with van der Waals surface area (Å²) in [4.78, 5) is 69.8. The Morgan fingerprint density at radius 1 is 0.843 bits per heavy atom. The van der Waals surface area contributed by atoms with Gasteiger partial charge in [0.1, 0.15) is 11.6 Å². The number of anilines is 2. The van der Waals surface area contributed by atoms with Crippen molar-refractivity contribution in [3.8, 4) is 5.75 Å². The Morgan fingerprint density at radius 3 is 2.16 bits per heavy atom. The second-order valence-electron chi connectivity index (χ2n) is 13.3. The van der Waals surface area contributed by atoms with Gasteiger partial charge in [0.05, 0.1) is 39.5 Å². The van der Waals surface area contributed by atoms with E-state index in [1.807, 2.05) is 6.08 Å². The summed E-state index contributed by atoms with van der Waals surface area (Å²) < 4.78 is 13.8. The topological polar surface area (TPSA) is 150 Å². The van der Waals surface area contributed by atoms with Gasteiger partial charge in [-0.2, -0.15) is 5.01 Å². The molecule has 8 rings (SSSR count). The third-order valence-electron chi connectivity index (χ3n) is 10.8. The lowest BCUT2D eigenvalue weighted by atomic mass is 9.49. The number of non-ortho nitro benzene ring substituents is 1. The molecule has 0 aromatic heterocycles. The molecule has 2 N–H and O–H groups in total. The zero-order valence-electron chi connectivity index (χ0n) is 26.6. The zero-order chi connectivity index (χ0) is 35.8. The molecule has 6 unspecified atom stereocenters. The summed E-state index contributed by atoms with van der Waals surface area (Å²) in [7, 11) is 0. The zero-order valence-corrected chi connectivity index (χ0v) is 27.4. The Kier molecular flexibility index (Phi) is 7.53. The van der Waals surface area contributed by atoms with Gasteiger partial charge < -0.3 is 5.11 Å². The Bertz CT molecular complexity index is 2160. The number of aromatic hydroxyl groups is 1. The number of halogens is 2. The van der Waals surface area contributed by atoms with E-state index in [4.69, 9.17) is 11.6 Å². The number of nitro groups is 1. The minimum absolute atomic E-state index is 0.00961. The number of hydrogen-bond donors (Lipinski definition) is 2. The Labute approximate surface area is 295 Å². The van der Waals surface area contributed by atoms with Crippen LogP contribution >= 0.6 is 11.6 Å². The van der Waals surface area contributed by atoms with Crippen molar-refractivity contribution in [1.82, 2.24) is 5.01 Å². The van der Waals surface area contributed by atoms with Crippen LogP contribution in [0.15, 0.2) is 109 Å². The molecule has 2 saturated heterocycles. The van der Waals surface area contributed by atoms with Crippen LogP contribution in [0.1, 0.15) is 29.9 Å². The molecule has 2 heterocycles. The molecule has 4 aromatic carbocycles. The number of nitrogens with one attached hydrogen (secondary N) is 1. The standard InChI is InChI=1S/C38H28ClFN4O7/c39-22-5-3-21(4-6-22)38-31(35(47)43(37(38)49)41-24-9-7-23(40)8-10-24)19-30-28(33(38)20-1-15-27(45)16-2-20)17-18-29-32(30)36(48)42(34(29)46)25-11-13-26(14-12-25)44(50)51/h1-17,29-33,41,45H,18-19H2. The first-order chi connectivity index (χ1) is 24.5. The van der Waals surface area contributed by atoms with Crippen LogP contribution in [0.25, 0.3) is 0 Å². The summed E-state index contributed by atoms with van der Waals surface area (Å²) in [5.74, 6) is -6.70. The largest absolute Gasteiger partial charge is 0.508 e. The lowest BCUT2D eigenvalue weighted by Gasteiger charge is -2.50. The van der Waals surface area contributed by atoms with Crippen LogP contribution in [0.2, 0.25) is 5.02 Å². The number of allylic oxidation sites excluding steroid dienone is 2. The fraction of sp³-hybridized carbons (Fsp3) is 0.211. The molecule has 1 saturated carbocycles. The third-order valence-corrected chi connectivity index (χ3v) is 11.1. The van der Waals surface area contributed by atoms with Gasteiger partial charge in [0.15, 0.2) is 0 Å². The highest BCUT2D eigenvalue weighted by Crippen LogP contribution is 2.64. The van der Waals surface area contributed by atoms with E-state index in [1.165, 1.54) is 60.7 Å². The minimum Gasteiger partial charge on any atom is -0.508 e. The van der Waals surface area contributed by atoms with E-state index in [-0.39, 0.29) is 30.0 Å². The van der Waals surface area contributed by atoms with Gasteiger partial charge >= 0.3 is 0 Å². The van der Waals surface area contributed by atoms with E-state index in [0.717, 1.165) is 9.91 Å². The van der Waals surface area contributed by atoms with Crippen molar-refractivity contribution >= 4 is 52.3 Å². The minimum atomic E-state index is -1.55. The van der Waals surface area contributed by atoms with Crippen molar-refractivity contribution in [2.45, 2.75) is 24.2 Å². The van der Waals surface area contributed by atoms with Gasteiger partial charge in [0.25, 0.3) is 17.5 Å². The number of nitrogens with zero attached hydrogens (tertiary/aromatic N) is 3. The molecule has 2 aliphatic carbocycles. The number of hydrogen-bond acceptors (Lipinski definition) is 8.